The second kappa shape index (κ2) is 6.90. The molecule has 0 radical (unpaired) electrons. The van der Waals surface area contributed by atoms with Gasteiger partial charge < -0.3 is 10.5 Å². The van der Waals surface area contributed by atoms with Crippen molar-refractivity contribution < 1.29 is 14.5 Å². The number of benzene rings is 1. The van der Waals surface area contributed by atoms with Gasteiger partial charge in [-0.15, -0.1) is 0 Å². The number of pyridine rings is 1. The number of anilines is 1. The van der Waals surface area contributed by atoms with Crippen LogP contribution in [0.1, 0.15) is 67.8 Å². The van der Waals surface area contributed by atoms with Crippen LogP contribution >= 0.6 is 0 Å². The number of nitrogens with zero attached hydrogens (tertiary/aromatic N) is 2. The van der Waals surface area contributed by atoms with Gasteiger partial charge in [0.2, 0.25) is 5.88 Å². The average molecular weight is 419 g/mol. The number of nitro benzene ring substituents is 1. The van der Waals surface area contributed by atoms with Crippen LogP contribution in [-0.2, 0) is 17.6 Å². The maximum Gasteiger partial charge on any atom is 0.269 e. The summed E-state index contributed by atoms with van der Waals surface area (Å²) in [5, 5.41) is 11.1. The molecule has 0 spiro atoms. The minimum Gasteiger partial charge on any atom is -0.443 e. The fourth-order valence-electron chi connectivity index (χ4n) is 5.19. The minimum absolute atomic E-state index is 0.0119. The van der Waals surface area contributed by atoms with Crippen LogP contribution in [0.5, 0.6) is 5.88 Å². The van der Waals surface area contributed by atoms with E-state index in [1.54, 1.807) is 12.1 Å². The third-order valence-corrected chi connectivity index (χ3v) is 6.63. The molecular formula is C24H25N3O4. The molecule has 1 atom stereocenters. The Morgan fingerprint density at radius 2 is 1.87 bits per heavy atom. The molecule has 0 unspecified atom stereocenters. The number of Topliss-reactive ketones (excluding diaryl/α,β-unsaturated/α-hetero) is 1. The van der Waals surface area contributed by atoms with E-state index in [0.29, 0.717) is 35.7 Å². The first-order chi connectivity index (χ1) is 14.7. The van der Waals surface area contributed by atoms with Crippen molar-refractivity contribution in [2.45, 2.75) is 58.3 Å². The summed E-state index contributed by atoms with van der Waals surface area (Å²) < 4.78 is 6.26. The van der Waals surface area contributed by atoms with E-state index >= 15 is 0 Å². The molecule has 2 aliphatic carbocycles. The first-order valence-electron chi connectivity index (χ1n) is 10.7. The summed E-state index contributed by atoms with van der Waals surface area (Å²) in [7, 11) is 0. The van der Waals surface area contributed by atoms with Crippen LogP contribution in [-0.4, -0.2) is 15.7 Å². The summed E-state index contributed by atoms with van der Waals surface area (Å²) in [5.41, 5.74) is 11.3. The zero-order chi connectivity index (χ0) is 21.9. The van der Waals surface area contributed by atoms with Crippen molar-refractivity contribution in [3.8, 4) is 5.88 Å². The van der Waals surface area contributed by atoms with Gasteiger partial charge in [0, 0.05) is 47.8 Å². The maximum atomic E-state index is 13.3. The monoisotopic (exact) mass is 419 g/mol. The average Bonchev–Trinajstić information content (AvgIpc) is 2.71. The van der Waals surface area contributed by atoms with Gasteiger partial charge in [-0.25, -0.2) is 4.98 Å². The lowest BCUT2D eigenvalue weighted by Gasteiger charge is -2.39. The second-order valence-electron chi connectivity index (χ2n) is 9.54. The lowest BCUT2D eigenvalue weighted by Crippen LogP contribution is -2.34. The molecule has 0 amide bonds. The molecule has 0 fully saturated rings. The smallest absolute Gasteiger partial charge is 0.269 e. The zero-order valence-corrected chi connectivity index (χ0v) is 17.7. The molecule has 0 bridgehead atoms. The third-order valence-electron chi connectivity index (χ3n) is 6.63. The minimum atomic E-state index is -0.428. The van der Waals surface area contributed by atoms with Gasteiger partial charge in [-0.1, -0.05) is 26.0 Å². The van der Waals surface area contributed by atoms with Crippen molar-refractivity contribution in [3.63, 3.8) is 0 Å². The lowest BCUT2D eigenvalue weighted by atomic mass is 9.69. The van der Waals surface area contributed by atoms with Gasteiger partial charge in [-0.3, -0.25) is 14.9 Å². The summed E-state index contributed by atoms with van der Waals surface area (Å²) in [6, 6.07) is 6.39. The number of rotatable bonds is 2. The van der Waals surface area contributed by atoms with E-state index in [0.717, 1.165) is 48.1 Å². The SMILES string of the molecule is CC1(C)CC(=O)C2=C(C1)Oc1nc3c(c(N)c1[C@H]2c1ccc([N+](=O)[O-])cc1)CCCC3. The van der Waals surface area contributed by atoms with E-state index in [-0.39, 0.29) is 16.9 Å². The Morgan fingerprint density at radius 1 is 1.16 bits per heavy atom. The fraction of sp³-hybridized carbons (Fsp3) is 0.417. The Bertz CT molecular complexity index is 1150. The summed E-state index contributed by atoms with van der Waals surface area (Å²) in [6.45, 7) is 4.12. The van der Waals surface area contributed by atoms with Crippen LogP contribution in [0.3, 0.4) is 0 Å². The molecule has 2 aromatic rings. The van der Waals surface area contributed by atoms with Crippen LogP contribution in [0.25, 0.3) is 0 Å². The molecule has 0 saturated heterocycles. The lowest BCUT2D eigenvalue weighted by molar-refractivity contribution is -0.384. The predicted molar refractivity (Wildman–Crippen MR) is 116 cm³/mol. The topological polar surface area (TPSA) is 108 Å². The molecule has 1 aliphatic heterocycles. The fourth-order valence-corrected chi connectivity index (χ4v) is 5.19. The number of ether oxygens (including phenoxy) is 1. The maximum absolute atomic E-state index is 13.3. The number of carbonyl (C=O) groups excluding carboxylic acids is 1. The highest BCUT2D eigenvalue weighted by atomic mass is 16.6. The van der Waals surface area contributed by atoms with Gasteiger partial charge in [0.05, 0.1) is 10.5 Å². The number of carbonyl (C=O) groups is 1. The standard InChI is InChI=1S/C24H25N3O4/c1-24(2)11-17(28)20-18(12-24)31-23-21(22(25)15-5-3-4-6-16(15)26-23)19(20)13-7-9-14(10-8-13)27(29)30/h7-10,19H,3-6,11-12H2,1-2H3,(H2,25,26)/t19-/m0/s1. The second-order valence-corrected chi connectivity index (χ2v) is 9.54. The Hall–Kier alpha value is -3.22. The Balaban J connectivity index is 1.74. The zero-order valence-electron chi connectivity index (χ0n) is 17.7. The third kappa shape index (κ3) is 3.19. The Labute approximate surface area is 180 Å². The first kappa shape index (κ1) is 19.7. The molecule has 2 heterocycles. The Morgan fingerprint density at radius 3 is 2.58 bits per heavy atom. The Kier molecular flexibility index (Phi) is 4.39. The molecule has 2 N–H and O–H groups in total. The molecular weight excluding hydrogens is 394 g/mol. The summed E-state index contributed by atoms with van der Waals surface area (Å²) in [5.74, 6) is 0.741. The van der Waals surface area contributed by atoms with Crippen molar-refractivity contribution in [1.29, 1.82) is 0 Å². The van der Waals surface area contributed by atoms with Crippen molar-refractivity contribution in [3.05, 3.63) is 68.1 Å². The van der Waals surface area contributed by atoms with Gasteiger partial charge in [0.1, 0.15) is 5.76 Å². The quantitative estimate of drug-likeness (QED) is 0.562. The number of nitrogens with two attached hydrogens (primary N) is 1. The highest BCUT2D eigenvalue weighted by molar-refractivity contribution is 6.00. The number of aryl methyl sites for hydroxylation is 1. The largest absolute Gasteiger partial charge is 0.443 e. The van der Waals surface area contributed by atoms with Gasteiger partial charge >= 0.3 is 0 Å². The van der Waals surface area contributed by atoms with E-state index in [1.165, 1.54) is 12.1 Å². The van der Waals surface area contributed by atoms with E-state index < -0.39 is 10.8 Å². The normalized spacial score (nSPS) is 21.6. The van der Waals surface area contributed by atoms with E-state index in [9.17, 15) is 14.9 Å². The summed E-state index contributed by atoms with van der Waals surface area (Å²) >= 11 is 0. The summed E-state index contributed by atoms with van der Waals surface area (Å²) in [4.78, 5) is 28.9. The van der Waals surface area contributed by atoms with Crippen LogP contribution in [0.15, 0.2) is 35.6 Å². The van der Waals surface area contributed by atoms with Gasteiger partial charge in [-0.2, -0.15) is 0 Å². The first-order valence-corrected chi connectivity index (χ1v) is 10.7. The van der Waals surface area contributed by atoms with Crippen LogP contribution in [0.2, 0.25) is 0 Å². The molecule has 3 aliphatic rings. The molecule has 160 valence electrons. The van der Waals surface area contributed by atoms with Gasteiger partial charge in [0.25, 0.3) is 5.69 Å². The highest BCUT2D eigenvalue weighted by Gasteiger charge is 2.44. The van der Waals surface area contributed by atoms with Crippen LogP contribution < -0.4 is 10.5 Å². The number of ketones is 1. The summed E-state index contributed by atoms with van der Waals surface area (Å²) in [6.07, 6.45) is 4.92. The van der Waals surface area contributed by atoms with E-state index in [1.807, 2.05) is 0 Å². The number of nitrogen functional groups attached to an aromatic ring is 1. The van der Waals surface area contributed by atoms with E-state index in [2.05, 4.69) is 13.8 Å². The molecule has 1 aromatic heterocycles. The highest BCUT2D eigenvalue weighted by Crippen LogP contribution is 2.52. The molecule has 5 rings (SSSR count). The van der Waals surface area contributed by atoms with Crippen molar-refractivity contribution in [2.24, 2.45) is 5.41 Å². The number of non-ortho nitro benzene ring substituents is 1. The van der Waals surface area contributed by atoms with E-state index in [4.69, 9.17) is 15.5 Å². The predicted octanol–water partition coefficient (Wildman–Crippen LogP) is 4.62. The van der Waals surface area contributed by atoms with Gasteiger partial charge in [0.15, 0.2) is 5.78 Å². The number of allylic oxidation sites excluding steroid dienone is 2. The molecule has 7 nitrogen and oxygen atoms in total. The number of hydrogen-bond acceptors (Lipinski definition) is 6. The molecule has 0 saturated carbocycles. The van der Waals surface area contributed by atoms with Crippen molar-refractivity contribution >= 4 is 17.2 Å². The number of nitro groups is 1. The van der Waals surface area contributed by atoms with Crippen molar-refractivity contribution in [1.82, 2.24) is 4.98 Å². The molecule has 31 heavy (non-hydrogen) atoms. The van der Waals surface area contributed by atoms with Crippen LogP contribution in [0, 0.1) is 15.5 Å². The number of fused-ring (bicyclic) bond motifs is 2. The van der Waals surface area contributed by atoms with Gasteiger partial charge in [-0.05, 0) is 42.2 Å². The molecule has 1 aromatic carbocycles. The molecule has 7 heteroatoms. The number of hydrogen-bond donors (Lipinski definition) is 1. The van der Waals surface area contributed by atoms with Crippen LogP contribution in [0.4, 0.5) is 11.4 Å². The van der Waals surface area contributed by atoms with Crippen molar-refractivity contribution in [2.75, 3.05) is 5.73 Å². The number of aromatic nitrogens is 1.